The van der Waals surface area contributed by atoms with Crippen LogP contribution in [0.25, 0.3) is 0 Å². The average Bonchev–Trinajstić information content (AvgIpc) is 2.09. The first-order chi connectivity index (χ1) is 7.37. The van der Waals surface area contributed by atoms with Crippen LogP contribution in [0, 0.1) is 0 Å². The number of sulfone groups is 1. The molecule has 0 aromatic carbocycles. The van der Waals surface area contributed by atoms with Gasteiger partial charge in [-0.1, -0.05) is 18.7 Å². The number of thioether (sulfide) groups is 1. The number of amidine groups is 1. The Hall–Kier alpha value is -0.230. The zero-order valence-electron chi connectivity index (χ0n) is 10.1. The minimum Gasteiger partial charge on any atom is -0.362 e. The monoisotopic (exact) mass is 264 g/mol. The molecule has 1 aliphatic heterocycles. The molecule has 1 N–H and O–H groups in total. The van der Waals surface area contributed by atoms with Crippen molar-refractivity contribution >= 4 is 26.8 Å². The first-order valence-electron chi connectivity index (χ1n) is 5.52. The zero-order valence-corrected chi connectivity index (χ0v) is 11.7. The van der Waals surface area contributed by atoms with Crippen molar-refractivity contribution in [2.24, 2.45) is 4.99 Å². The molecule has 0 amide bonds. The van der Waals surface area contributed by atoms with E-state index in [1.54, 1.807) is 11.8 Å². The molecule has 0 bridgehead atoms. The fourth-order valence-electron chi connectivity index (χ4n) is 1.63. The third-order valence-electron chi connectivity index (χ3n) is 2.30. The highest BCUT2D eigenvalue weighted by atomic mass is 32.2. The van der Waals surface area contributed by atoms with Crippen molar-refractivity contribution in [3.05, 3.63) is 0 Å². The average molecular weight is 264 g/mol. The molecular weight excluding hydrogens is 244 g/mol. The smallest absolute Gasteiger partial charge is 0.157 e. The fraction of sp³-hybridized carbons (Fsp3) is 0.900. The minimum atomic E-state index is -2.85. The van der Waals surface area contributed by atoms with Crippen LogP contribution in [0.3, 0.4) is 0 Å². The van der Waals surface area contributed by atoms with Gasteiger partial charge in [0.2, 0.25) is 0 Å². The van der Waals surface area contributed by atoms with Crippen LogP contribution in [0.2, 0.25) is 0 Å². The van der Waals surface area contributed by atoms with E-state index in [2.05, 4.69) is 24.2 Å². The number of rotatable bonds is 4. The van der Waals surface area contributed by atoms with Crippen molar-refractivity contribution in [2.75, 3.05) is 18.6 Å². The molecule has 1 saturated heterocycles. The van der Waals surface area contributed by atoms with E-state index >= 15 is 0 Å². The summed E-state index contributed by atoms with van der Waals surface area (Å²) in [7, 11) is -2.85. The van der Waals surface area contributed by atoms with Gasteiger partial charge in [-0.25, -0.2) is 8.42 Å². The summed E-state index contributed by atoms with van der Waals surface area (Å²) >= 11 is 1.74. The van der Waals surface area contributed by atoms with Crippen molar-refractivity contribution in [3.63, 3.8) is 0 Å². The van der Waals surface area contributed by atoms with Gasteiger partial charge in [0.25, 0.3) is 0 Å². The summed E-state index contributed by atoms with van der Waals surface area (Å²) in [5.41, 5.74) is 0. The van der Waals surface area contributed by atoms with Gasteiger partial charge in [0.1, 0.15) is 9.84 Å². The fourth-order valence-corrected chi connectivity index (χ4v) is 3.49. The van der Waals surface area contributed by atoms with E-state index < -0.39 is 9.84 Å². The molecule has 4 nitrogen and oxygen atoms in total. The molecule has 2 unspecified atom stereocenters. The van der Waals surface area contributed by atoms with Crippen molar-refractivity contribution in [3.8, 4) is 0 Å². The van der Waals surface area contributed by atoms with Gasteiger partial charge in [0.05, 0.1) is 5.75 Å². The Bertz CT molecular complexity index is 340. The molecule has 0 radical (unpaired) electrons. The Morgan fingerprint density at radius 3 is 2.75 bits per heavy atom. The molecule has 1 fully saturated rings. The van der Waals surface area contributed by atoms with Gasteiger partial charge in [-0.3, -0.25) is 4.99 Å². The van der Waals surface area contributed by atoms with E-state index in [1.165, 1.54) is 6.26 Å². The van der Waals surface area contributed by atoms with E-state index in [4.69, 9.17) is 0 Å². The van der Waals surface area contributed by atoms with E-state index in [0.717, 1.165) is 11.6 Å². The SMILES string of the molecule is CC1CC(C)SC(=NCCCS(C)(=O)=O)N1. The van der Waals surface area contributed by atoms with Gasteiger partial charge < -0.3 is 5.32 Å². The zero-order chi connectivity index (χ0) is 12.2. The summed E-state index contributed by atoms with van der Waals surface area (Å²) in [5.74, 6) is 0.222. The van der Waals surface area contributed by atoms with Crippen molar-refractivity contribution in [1.29, 1.82) is 0 Å². The predicted octanol–water partition coefficient (Wildman–Crippen LogP) is 1.28. The number of nitrogens with one attached hydrogen (secondary N) is 1. The molecule has 0 spiro atoms. The van der Waals surface area contributed by atoms with Gasteiger partial charge in [-0.05, 0) is 19.8 Å². The molecule has 0 saturated carbocycles. The lowest BCUT2D eigenvalue weighted by atomic mass is 10.2. The highest BCUT2D eigenvalue weighted by molar-refractivity contribution is 8.14. The van der Waals surface area contributed by atoms with Crippen molar-refractivity contribution < 1.29 is 8.42 Å². The minimum absolute atomic E-state index is 0.222. The van der Waals surface area contributed by atoms with Gasteiger partial charge in [-0.2, -0.15) is 0 Å². The summed E-state index contributed by atoms with van der Waals surface area (Å²) in [6.45, 7) is 4.91. The van der Waals surface area contributed by atoms with Crippen LogP contribution >= 0.6 is 11.8 Å². The number of hydrogen-bond acceptors (Lipinski definition) is 4. The Morgan fingerprint density at radius 1 is 1.50 bits per heavy atom. The molecule has 0 aromatic heterocycles. The summed E-state index contributed by atoms with van der Waals surface area (Å²) in [6, 6.07) is 0.463. The van der Waals surface area contributed by atoms with Gasteiger partial charge in [0.15, 0.2) is 5.17 Å². The predicted molar refractivity (Wildman–Crippen MR) is 70.9 cm³/mol. The Labute approximate surface area is 102 Å². The van der Waals surface area contributed by atoms with Crippen LogP contribution in [-0.2, 0) is 9.84 Å². The Balaban J connectivity index is 2.34. The molecule has 0 aliphatic carbocycles. The number of aliphatic imine (C=N–C) groups is 1. The molecule has 1 rings (SSSR count). The molecule has 1 aliphatic rings. The van der Waals surface area contributed by atoms with Crippen LogP contribution in [0.1, 0.15) is 26.7 Å². The maximum atomic E-state index is 10.9. The summed E-state index contributed by atoms with van der Waals surface area (Å²) < 4.78 is 21.8. The third-order valence-corrected chi connectivity index (χ3v) is 4.39. The number of hydrogen-bond donors (Lipinski definition) is 1. The molecular formula is C10H20N2O2S2. The lowest BCUT2D eigenvalue weighted by Crippen LogP contribution is -2.38. The van der Waals surface area contributed by atoms with Crippen molar-refractivity contribution in [1.82, 2.24) is 5.32 Å². The standard InChI is InChI=1S/C10H20N2O2S2/c1-8-7-9(2)15-10(12-8)11-5-4-6-16(3,13)14/h8-9H,4-7H2,1-3H3,(H,11,12). The van der Waals surface area contributed by atoms with Crippen LogP contribution in [0.5, 0.6) is 0 Å². The first-order valence-corrected chi connectivity index (χ1v) is 8.46. The summed E-state index contributed by atoms with van der Waals surface area (Å²) in [6.07, 6.45) is 3.01. The van der Waals surface area contributed by atoms with Crippen LogP contribution in [-0.4, -0.2) is 43.4 Å². The molecule has 16 heavy (non-hydrogen) atoms. The van der Waals surface area contributed by atoms with Gasteiger partial charge >= 0.3 is 0 Å². The number of nitrogens with zero attached hydrogens (tertiary/aromatic N) is 1. The molecule has 6 heteroatoms. The topological polar surface area (TPSA) is 58.5 Å². The molecule has 1 heterocycles. The van der Waals surface area contributed by atoms with Gasteiger partial charge in [0, 0.05) is 24.1 Å². The summed E-state index contributed by atoms with van der Waals surface area (Å²) in [4.78, 5) is 4.39. The Kier molecular flexibility index (Phi) is 5.11. The second-order valence-electron chi connectivity index (χ2n) is 4.38. The van der Waals surface area contributed by atoms with Gasteiger partial charge in [-0.15, -0.1) is 0 Å². The normalized spacial score (nSPS) is 29.1. The maximum absolute atomic E-state index is 10.9. The van der Waals surface area contributed by atoms with Crippen LogP contribution < -0.4 is 5.32 Å². The quantitative estimate of drug-likeness (QED) is 0.777. The van der Waals surface area contributed by atoms with E-state index in [1.807, 2.05) is 0 Å². The lowest BCUT2D eigenvalue weighted by molar-refractivity contribution is 0.595. The van der Waals surface area contributed by atoms with Crippen LogP contribution in [0.4, 0.5) is 0 Å². The molecule has 2 atom stereocenters. The Morgan fingerprint density at radius 2 is 2.19 bits per heavy atom. The lowest BCUT2D eigenvalue weighted by Gasteiger charge is -2.26. The van der Waals surface area contributed by atoms with E-state index in [0.29, 0.717) is 24.3 Å². The van der Waals surface area contributed by atoms with Crippen LogP contribution in [0.15, 0.2) is 4.99 Å². The largest absolute Gasteiger partial charge is 0.362 e. The molecule has 0 aromatic rings. The highest BCUT2D eigenvalue weighted by Crippen LogP contribution is 2.22. The van der Waals surface area contributed by atoms with E-state index in [-0.39, 0.29) is 5.75 Å². The first kappa shape index (κ1) is 13.8. The van der Waals surface area contributed by atoms with E-state index in [9.17, 15) is 8.42 Å². The summed E-state index contributed by atoms with van der Waals surface area (Å²) in [5, 5.41) is 4.85. The van der Waals surface area contributed by atoms with Crippen molar-refractivity contribution in [2.45, 2.75) is 38.0 Å². The second-order valence-corrected chi connectivity index (χ2v) is 8.07. The third kappa shape index (κ3) is 5.75. The highest BCUT2D eigenvalue weighted by Gasteiger charge is 2.19. The second kappa shape index (κ2) is 5.91. The molecule has 94 valence electrons. The maximum Gasteiger partial charge on any atom is 0.157 e.